The number of nitrogens with one attached hydrogen (secondary N) is 1. The molecule has 2 aromatic carbocycles. The van der Waals surface area contributed by atoms with Crippen LogP contribution >= 0.6 is 0 Å². The van der Waals surface area contributed by atoms with Crippen molar-refractivity contribution in [3.63, 3.8) is 0 Å². The van der Waals surface area contributed by atoms with E-state index in [9.17, 15) is 14.0 Å². The number of ether oxygens (including phenoxy) is 2. The Bertz CT molecular complexity index is 1320. The van der Waals surface area contributed by atoms with Crippen LogP contribution in [0, 0.1) is 11.2 Å². The zero-order valence-electron chi connectivity index (χ0n) is 19.5. The van der Waals surface area contributed by atoms with E-state index in [0.29, 0.717) is 42.8 Å². The first kappa shape index (κ1) is 22.4. The molecule has 1 saturated heterocycles. The molecule has 34 heavy (non-hydrogen) atoms. The topological polar surface area (TPSA) is 95.6 Å². The van der Waals surface area contributed by atoms with Gasteiger partial charge < -0.3 is 20.5 Å². The normalized spacial score (nSPS) is 19.3. The second-order valence-corrected chi connectivity index (χ2v) is 9.90. The van der Waals surface area contributed by atoms with Gasteiger partial charge in [-0.2, -0.15) is 0 Å². The van der Waals surface area contributed by atoms with Crippen LogP contribution in [0.2, 0.25) is 0 Å². The smallest absolute Gasteiger partial charge is 0.250 e. The summed E-state index contributed by atoms with van der Waals surface area (Å²) < 4.78 is 27.0. The number of benzene rings is 2. The number of hydrogen-bond acceptors (Lipinski definition) is 5. The maximum Gasteiger partial charge on any atom is 0.250 e. The van der Waals surface area contributed by atoms with Gasteiger partial charge in [-0.05, 0) is 42.0 Å². The molecule has 0 saturated carbocycles. The molecule has 1 amide bonds. The molecule has 8 heteroatoms. The molecular weight excluding hydrogens is 437 g/mol. The predicted molar refractivity (Wildman–Crippen MR) is 128 cm³/mol. The van der Waals surface area contributed by atoms with Crippen molar-refractivity contribution in [2.24, 2.45) is 11.1 Å². The van der Waals surface area contributed by atoms with Gasteiger partial charge in [-0.15, -0.1) is 0 Å². The second-order valence-electron chi connectivity index (χ2n) is 9.90. The molecule has 1 unspecified atom stereocenters. The maximum absolute atomic E-state index is 14.7. The standard InChI is InChI=1S/C26H28FN3O4/c1-26(2)11-21-24(17-9-22(33-3)18(27)10-20(17)30(21)23(31)12-26)14-4-5-16(25(28)32)19(8-14)29-15-6-7-34-13-15/h4-5,8-10,15,29H,6-7,11-13H2,1-3H3,(H2,28,32). The van der Waals surface area contributed by atoms with Crippen LogP contribution in [0.15, 0.2) is 30.3 Å². The largest absolute Gasteiger partial charge is 0.494 e. The van der Waals surface area contributed by atoms with E-state index in [1.54, 1.807) is 16.7 Å². The minimum absolute atomic E-state index is 0.0673. The number of nitrogens with zero attached hydrogens (tertiary/aromatic N) is 1. The molecule has 0 radical (unpaired) electrons. The highest BCUT2D eigenvalue weighted by molar-refractivity contribution is 6.06. The van der Waals surface area contributed by atoms with Gasteiger partial charge in [0.05, 0.1) is 30.8 Å². The summed E-state index contributed by atoms with van der Waals surface area (Å²) in [6.45, 7) is 5.32. The third kappa shape index (κ3) is 3.72. The lowest BCUT2D eigenvalue weighted by Gasteiger charge is -2.30. The Morgan fingerprint density at radius 2 is 2.06 bits per heavy atom. The van der Waals surface area contributed by atoms with Crippen LogP contribution in [0.1, 0.15) is 47.5 Å². The number of anilines is 1. The number of methoxy groups -OCH3 is 1. The fraction of sp³-hybridized carbons (Fsp3) is 0.385. The maximum atomic E-state index is 14.7. The SMILES string of the molecule is COc1cc2c(-c3ccc(C(N)=O)c(NC4CCOC4)c3)c3n(c2cc1F)C(=O)CC(C)(C)C3. The van der Waals surface area contributed by atoms with Crippen LogP contribution in [0.4, 0.5) is 10.1 Å². The average molecular weight is 466 g/mol. The van der Waals surface area contributed by atoms with Gasteiger partial charge in [-0.3, -0.25) is 14.2 Å². The van der Waals surface area contributed by atoms with E-state index in [1.165, 1.54) is 13.2 Å². The fourth-order valence-corrected chi connectivity index (χ4v) is 5.18. The summed E-state index contributed by atoms with van der Waals surface area (Å²) in [4.78, 5) is 25.3. The van der Waals surface area contributed by atoms with Crippen LogP contribution in [-0.4, -0.2) is 42.7 Å². The fourth-order valence-electron chi connectivity index (χ4n) is 5.18. The second kappa shape index (κ2) is 8.13. The van der Waals surface area contributed by atoms with Gasteiger partial charge >= 0.3 is 0 Å². The molecular formula is C26H28FN3O4. The number of halogens is 1. The molecule has 7 nitrogen and oxygen atoms in total. The van der Waals surface area contributed by atoms with E-state index in [2.05, 4.69) is 19.2 Å². The molecule has 0 aliphatic carbocycles. The molecule has 2 aliphatic heterocycles. The van der Waals surface area contributed by atoms with E-state index in [4.69, 9.17) is 15.2 Å². The van der Waals surface area contributed by atoms with Crippen molar-refractivity contribution >= 4 is 28.4 Å². The van der Waals surface area contributed by atoms with Gasteiger partial charge in [-0.25, -0.2) is 4.39 Å². The van der Waals surface area contributed by atoms with Crippen molar-refractivity contribution in [2.75, 3.05) is 25.6 Å². The average Bonchev–Trinajstić information content (AvgIpc) is 3.37. The summed E-state index contributed by atoms with van der Waals surface area (Å²) in [5.74, 6) is -1.01. The molecule has 2 aliphatic rings. The minimum atomic E-state index is -0.531. The Morgan fingerprint density at radius 3 is 2.74 bits per heavy atom. The van der Waals surface area contributed by atoms with Crippen molar-refractivity contribution in [2.45, 2.75) is 39.2 Å². The molecule has 1 atom stereocenters. The van der Waals surface area contributed by atoms with Crippen LogP contribution in [-0.2, 0) is 11.2 Å². The number of primary amides is 1. The van der Waals surface area contributed by atoms with Crippen molar-refractivity contribution in [3.8, 4) is 16.9 Å². The Morgan fingerprint density at radius 1 is 1.26 bits per heavy atom. The molecule has 3 aromatic rings. The number of amides is 1. The summed E-state index contributed by atoms with van der Waals surface area (Å²) in [6.07, 6.45) is 1.83. The van der Waals surface area contributed by atoms with E-state index in [0.717, 1.165) is 28.6 Å². The highest BCUT2D eigenvalue weighted by Gasteiger charge is 2.35. The first-order valence-electron chi connectivity index (χ1n) is 11.4. The number of aromatic nitrogens is 1. The zero-order valence-corrected chi connectivity index (χ0v) is 19.5. The van der Waals surface area contributed by atoms with E-state index in [1.807, 2.05) is 12.1 Å². The van der Waals surface area contributed by atoms with Crippen molar-refractivity contribution in [1.82, 2.24) is 4.57 Å². The Hall–Kier alpha value is -3.39. The highest BCUT2D eigenvalue weighted by atomic mass is 19.1. The van der Waals surface area contributed by atoms with E-state index >= 15 is 0 Å². The molecule has 1 fully saturated rings. The van der Waals surface area contributed by atoms with Crippen LogP contribution in [0.5, 0.6) is 5.75 Å². The van der Waals surface area contributed by atoms with Gasteiger partial charge in [-0.1, -0.05) is 19.9 Å². The van der Waals surface area contributed by atoms with Gasteiger partial charge in [0.2, 0.25) is 5.91 Å². The van der Waals surface area contributed by atoms with Crippen LogP contribution < -0.4 is 15.8 Å². The Labute approximate surface area is 197 Å². The van der Waals surface area contributed by atoms with Gasteiger partial charge in [0.15, 0.2) is 11.6 Å². The van der Waals surface area contributed by atoms with Crippen molar-refractivity contribution < 1.29 is 23.5 Å². The number of rotatable bonds is 5. The van der Waals surface area contributed by atoms with E-state index < -0.39 is 11.7 Å². The molecule has 1 aromatic heterocycles. The number of fused-ring (bicyclic) bond motifs is 3. The molecule has 3 N–H and O–H groups in total. The lowest BCUT2D eigenvalue weighted by molar-refractivity contribution is 0.0816. The first-order valence-corrected chi connectivity index (χ1v) is 11.4. The van der Waals surface area contributed by atoms with Gasteiger partial charge in [0.1, 0.15) is 0 Å². The lowest BCUT2D eigenvalue weighted by Crippen LogP contribution is -2.31. The number of hydrogen-bond donors (Lipinski definition) is 2. The summed E-state index contributed by atoms with van der Waals surface area (Å²) in [5, 5.41) is 4.12. The molecule has 5 rings (SSSR count). The molecule has 178 valence electrons. The lowest BCUT2D eigenvalue weighted by atomic mass is 9.80. The molecule has 3 heterocycles. The molecule has 0 spiro atoms. The van der Waals surface area contributed by atoms with Crippen molar-refractivity contribution in [3.05, 3.63) is 47.4 Å². The van der Waals surface area contributed by atoms with Gasteiger partial charge in [0, 0.05) is 41.4 Å². The Balaban J connectivity index is 1.76. The summed E-state index contributed by atoms with van der Waals surface area (Å²) in [7, 11) is 1.42. The number of carbonyl (C=O) groups is 2. The summed E-state index contributed by atoms with van der Waals surface area (Å²) in [5.41, 5.74) is 9.39. The number of nitrogens with two attached hydrogens (primary N) is 1. The van der Waals surface area contributed by atoms with Gasteiger partial charge in [0.25, 0.3) is 5.91 Å². The quantitative estimate of drug-likeness (QED) is 0.584. The summed E-state index contributed by atoms with van der Waals surface area (Å²) in [6, 6.07) is 8.49. The first-order chi connectivity index (χ1) is 16.2. The van der Waals surface area contributed by atoms with E-state index in [-0.39, 0.29) is 23.1 Å². The van der Waals surface area contributed by atoms with Crippen molar-refractivity contribution in [1.29, 1.82) is 0 Å². The van der Waals surface area contributed by atoms with Crippen LogP contribution in [0.3, 0.4) is 0 Å². The molecule has 0 bridgehead atoms. The third-order valence-corrected chi connectivity index (χ3v) is 6.73. The summed E-state index contributed by atoms with van der Waals surface area (Å²) >= 11 is 0. The minimum Gasteiger partial charge on any atom is -0.494 e. The highest BCUT2D eigenvalue weighted by Crippen LogP contribution is 2.44. The zero-order chi connectivity index (χ0) is 24.2. The number of carbonyl (C=O) groups excluding carboxylic acids is 2. The Kier molecular flexibility index (Phi) is 5.36. The van der Waals surface area contributed by atoms with Crippen LogP contribution in [0.25, 0.3) is 22.0 Å². The third-order valence-electron chi connectivity index (χ3n) is 6.73. The monoisotopic (exact) mass is 465 g/mol. The predicted octanol–water partition coefficient (Wildman–Crippen LogP) is 4.37.